The topological polar surface area (TPSA) is 0 Å². The summed E-state index contributed by atoms with van der Waals surface area (Å²) in [5.41, 5.74) is 0. The molecule has 0 aromatic carbocycles. The molecule has 0 rings (SSSR count). The highest BCUT2D eigenvalue weighted by atomic mass is 127. The maximum atomic E-state index is 11.4. The molecule has 9 heavy (non-hydrogen) atoms. The van der Waals surface area contributed by atoms with Crippen molar-refractivity contribution in [2.24, 2.45) is 0 Å². The van der Waals surface area contributed by atoms with Gasteiger partial charge in [-0.1, -0.05) is 6.92 Å². The van der Waals surface area contributed by atoms with Gasteiger partial charge in [-0.25, -0.2) is 8.78 Å². The van der Waals surface area contributed by atoms with E-state index in [2.05, 4.69) is 0 Å². The first kappa shape index (κ1) is 12.3. The predicted molar refractivity (Wildman–Crippen MR) is 45.5 cm³/mol. The van der Waals surface area contributed by atoms with Crippen molar-refractivity contribution in [1.29, 1.82) is 0 Å². The molecule has 0 N–H and O–H groups in total. The minimum Gasteiger partial charge on any atom is -0.248 e. The molecule has 0 aromatic heterocycles. The molecular formula is C6H13F2I. The van der Waals surface area contributed by atoms with Gasteiger partial charge in [0.15, 0.2) is 4.18 Å². The van der Waals surface area contributed by atoms with Gasteiger partial charge in [0.05, 0.1) is 6.17 Å². The van der Waals surface area contributed by atoms with Gasteiger partial charge in [-0.05, 0) is 42.9 Å². The zero-order valence-corrected chi connectivity index (χ0v) is 8.15. The zero-order chi connectivity index (χ0) is 7.86. The second-order valence-electron chi connectivity index (χ2n) is 1.81. The summed E-state index contributed by atoms with van der Waals surface area (Å²) in [6.45, 7) is 4.82. The van der Waals surface area contributed by atoms with E-state index in [1.807, 2.05) is 6.92 Å². The van der Waals surface area contributed by atoms with Gasteiger partial charge in [0.1, 0.15) is 0 Å². The lowest BCUT2D eigenvalue weighted by Crippen LogP contribution is -1.76. The average molecular weight is 250 g/mol. The van der Waals surface area contributed by atoms with Crippen LogP contribution in [-0.4, -0.2) is 10.4 Å². The Balaban J connectivity index is 0. The third kappa shape index (κ3) is 55.6. The number of alkyl halides is 3. The highest BCUT2D eigenvalue weighted by Crippen LogP contribution is 2.03. The molecule has 0 aliphatic rings. The van der Waals surface area contributed by atoms with Crippen molar-refractivity contribution in [2.45, 2.75) is 37.5 Å². The van der Waals surface area contributed by atoms with Crippen LogP contribution in [0.5, 0.6) is 0 Å². The Bertz CT molecular complexity index is 43.6. The molecule has 0 bridgehead atoms. The second-order valence-corrected chi connectivity index (χ2v) is 3.16. The fourth-order valence-corrected chi connectivity index (χ4v) is 0. The van der Waals surface area contributed by atoms with Gasteiger partial charge in [0.25, 0.3) is 0 Å². The fraction of sp³-hybridized carbons (Fsp3) is 1.00. The van der Waals surface area contributed by atoms with Gasteiger partial charge < -0.3 is 0 Å². The van der Waals surface area contributed by atoms with Gasteiger partial charge in [0, 0.05) is 0 Å². The van der Waals surface area contributed by atoms with Crippen LogP contribution < -0.4 is 0 Å². The second kappa shape index (κ2) is 8.59. The summed E-state index contributed by atoms with van der Waals surface area (Å²) >= 11 is 1.74. The minimum absolute atomic E-state index is 0.626. The van der Waals surface area contributed by atoms with Crippen molar-refractivity contribution in [1.82, 2.24) is 0 Å². The first-order valence-electron chi connectivity index (χ1n) is 2.92. The van der Waals surface area contributed by atoms with Crippen molar-refractivity contribution in [3.8, 4) is 0 Å². The van der Waals surface area contributed by atoms with Crippen molar-refractivity contribution in [2.75, 3.05) is 0 Å². The van der Waals surface area contributed by atoms with Crippen molar-refractivity contribution in [3.63, 3.8) is 0 Å². The Morgan fingerprint density at radius 1 is 1.33 bits per heavy atom. The van der Waals surface area contributed by atoms with Gasteiger partial charge in [0.2, 0.25) is 0 Å². The van der Waals surface area contributed by atoms with E-state index in [1.54, 1.807) is 22.6 Å². The summed E-state index contributed by atoms with van der Waals surface area (Å²) in [6, 6.07) is 0. The van der Waals surface area contributed by atoms with Gasteiger partial charge in [-0.15, -0.1) is 0 Å². The normalized spacial score (nSPS) is 12.3. The van der Waals surface area contributed by atoms with Crippen LogP contribution in [0.1, 0.15) is 27.2 Å². The molecular weight excluding hydrogens is 237 g/mol. The molecule has 1 unspecified atom stereocenters. The molecule has 0 fully saturated rings. The van der Waals surface area contributed by atoms with Gasteiger partial charge in [-0.3, -0.25) is 0 Å². The highest BCUT2D eigenvalue weighted by molar-refractivity contribution is 14.1. The summed E-state index contributed by atoms with van der Waals surface area (Å²) in [4.78, 5) is 0. The van der Waals surface area contributed by atoms with Crippen LogP contribution >= 0.6 is 22.6 Å². The molecule has 0 aromatic rings. The monoisotopic (exact) mass is 250 g/mol. The summed E-state index contributed by atoms with van der Waals surface area (Å²) in [5, 5.41) is 0. The van der Waals surface area contributed by atoms with E-state index in [0.29, 0.717) is 6.42 Å². The molecule has 0 aliphatic carbocycles. The molecule has 0 spiro atoms. The summed E-state index contributed by atoms with van der Waals surface area (Å²) in [6.07, 6.45) is -0.0411. The van der Waals surface area contributed by atoms with E-state index in [4.69, 9.17) is 0 Å². The first-order valence-corrected chi connectivity index (χ1v) is 4.17. The molecule has 0 nitrogen and oxygen atoms in total. The lowest BCUT2D eigenvalue weighted by atomic mass is 10.5. The highest BCUT2D eigenvalue weighted by Gasteiger charge is 1.88. The molecule has 58 valence electrons. The zero-order valence-electron chi connectivity index (χ0n) is 6.00. The van der Waals surface area contributed by atoms with E-state index in [-0.39, 0.29) is 0 Å². The average Bonchev–Trinajstić information content (AvgIpc) is 1.65. The summed E-state index contributed by atoms with van der Waals surface area (Å²) in [5.74, 6) is 0. The van der Waals surface area contributed by atoms with Crippen LogP contribution in [0.25, 0.3) is 0 Å². The Kier molecular flexibility index (Phi) is 11.7. The Morgan fingerprint density at radius 2 is 1.44 bits per heavy atom. The smallest absolute Gasteiger partial charge is 0.150 e. The fourth-order valence-electron chi connectivity index (χ4n) is 0. The lowest BCUT2D eigenvalue weighted by Gasteiger charge is -1.83. The number of rotatable bonds is 1. The van der Waals surface area contributed by atoms with Crippen molar-refractivity contribution >= 4 is 22.6 Å². The van der Waals surface area contributed by atoms with Crippen molar-refractivity contribution < 1.29 is 8.78 Å². The standard InChI is InChI=1S/C3H6FI.C3H7F/c1-2-3(4)5;1-3(2)4/h3H,2H2,1H3;3H,1-2H3. The maximum Gasteiger partial charge on any atom is 0.150 e. The largest absolute Gasteiger partial charge is 0.248 e. The third-order valence-corrected chi connectivity index (χ3v) is 1.19. The van der Waals surface area contributed by atoms with Crippen LogP contribution in [-0.2, 0) is 0 Å². The van der Waals surface area contributed by atoms with E-state index < -0.39 is 10.4 Å². The minimum atomic E-state index is -0.667. The van der Waals surface area contributed by atoms with Crippen molar-refractivity contribution in [3.05, 3.63) is 0 Å². The van der Waals surface area contributed by atoms with Crippen LogP contribution in [0.15, 0.2) is 0 Å². The van der Waals surface area contributed by atoms with Crippen LogP contribution in [0.3, 0.4) is 0 Å². The molecule has 0 saturated carbocycles. The maximum absolute atomic E-state index is 11.4. The Morgan fingerprint density at radius 3 is 1.44 bits per heavy atom. The Hall–Kier alpha value is 0.590. The summed E-state index contributed by atoms with van der Waals surface area (Å²) in [7, 11) is 0. The quantitative estimate of drug-likeness (QED) is 0.493. The molecule has 0 aliphatic heterocycles. The molecule has 0 heterocycles. The SMILES string of the molecule is CC(C)F.CCC(F)I. The van der Waals surface area contributed by atoms with E-state index in [9.17, 15) is 8.78 Å². The molecule has 0 radical (unpaired) electrons. The number of hydrogen-bond donors (Lipinski definition) is 0. The van der Waals surface area contributed by atoms with E-state index in [0.717, 1.165) is 0 Å². The lowest BCUT2D eigenvalue weighted by molar-refractivity contribution is 0.391. The van der Waals surface area contributed by atoms with Gasteiger partial charge >= 0.3 is 0 Å². The van der Waals surface area contributed by atoms with Crippen LogP contribution in [0.2, 0.25) is 0 Å². The van der Waals surface area contributed by atoms with Gasteiger partial charge in [-0.2, -0.15) is 0 Å². The molecule has 0 saturated heterocycles. The third-order valence-electron chi connectivity index (χ3n) is 0.309. The molecule has 0 amide bonds. The van der Waals surface area contributed by atoms with E-state index >= 15 is 0 Å². The first-order chi connectivity index (χ1) is 4.00. The van der Waals surface area contributed by atoms with Crippen LogP contribution in [0, 0.1) is 0 Å². The number of halogens is 3. The predicted octanol–water partition coefficient (Wildman–Crippen LogP) is 3.49. The molecule has 3 heteroatoms. The van der Waals surface area contributed by atoms with E-state index in [1.165, 1.54) is 13.8 Å². The molecule has 1 atom stereocenters. The Labute approximate surface area is 69.2 Å². The number of hydrogen-bond acceptors (Lipinski definition) is 0. The summed E-state index contributed by atoms with van der Waals surface area (Å²) < 4.78 is 21.8. The van der Waals surface area contributed by atoms with Crippen LogP contribution in [0.4, 0.5) is 8.78 Å².